The average Bonchev–Trinajstić information content (AvgIpc) is 2.32. The average molecular weight is 234 g/mol. The molecule has 17 heavy (non-hydrogen) atoms. The van der Waals surface area contributed by atoms with Crippen LogP contribution in [0.3, 0.4) is 0 Å². The van der Waals surface area contributed by atoms with Crippen LogP contribution in [0.15, 0.2) is 42.5 Å². The van der Waals surface area contributed by atoms with Crippen LogP contribution < -0.4 is 10.6 Å². The summed E-state index contributed by atoms with van der Waals surface area (Å²) in [6.07, 6.45) is 0. The second-order valence-electron chi connectivity index (χ2n) is 3.71. The molecule has 0 fully saturated rings. The van der Waals surface area contributed by atoms with Gasteiger partial charge in [-0.25, -0.2) is 8.78 Å². The highest BCUT2D eigenvalue weighted by Crippen LogP contribution is 2.30. The van der Waals surface area contributed by atoms with Gasteiger partial charge < -0.3 is 10.6 Å². The first-order valence-electron chi connectivity index (χ1n) is 5.13. The molecule has 2 N–H and O–H groups in total. The van der Waals surface area contributed by atoms with E-state index in [0.29, 0.717) is 17.1 Å². The summed E-state index contributed by atoms with van der Waals surface area (Å²) in [7, 11) is 1.64. The number of nitrogens with zero attached hydrogens (tertiary/aromatic N) is 1. The number of para-hydroxylation sites is 1. The van der Waals surface area contributed by atoms with Gasteiger partial charge in [-0.15, -0.1) is 0 Å². The topological polar surface area (TPSA) is 29.3 Å². The molecule has 0 aliphatic carbocycles. The van der Waals surface area contributed by atoms with Crippen molar-refractivity contribution in [1.29, 1.82) is 0 Å². The maximum Gasteiger partial charge on any atom is 0.146 e. The molecular formula is C13H12F2N2. The summed E-state index contributed by atoms with van der Waals surface area (Å²) in [6, 6.07) is 10.3. The zero-order chi connectivity index (χ0) is 12.4. The van der Waals surface area contributed by atoms with E-state index >= 15 is 0 Å². The molecule has 2 aromatic carbocycles. The Morgan fingerprint density at radius 2 is 1.71 bits per heavy atom. The van der Waals surface area contributed by atoms with Crippen LogP contribution in [0, 0.1) is 11.6 Å². The molecule has 4 heteroatoms. The highest BCUT2D eigenvalue weighted by Gasteiger charge is 2.11. The Labute approximate surface area is 98.3 Å². The first-order valence-corrected chi connectivity index (χ1v) is 5.13. The van der Waals surface area contributed by atoms with E-state index in [9.17, 15) is 8.78 Å². The highest BCUT2D eigenvalue weighted by molar-refractivity contribution is 5.74. The Hall–Kier alpha value is -2.10. The predicted molar refractivity (Wildman–Crippen MR) is 65.3 cm³/mol. The summed E-state index contributed by atoms with van der Waals surface area (Å²) in [5, 5.41) is 0. The lowest BCUT2D eigenvalue weighted by Crippen LogP contribution is -2.13. The fraction of sp³-hybridized carbons (Fsp3) is 0.0769. The molecule has 0 bridgehead atoms. The van der Waals surface area contributed by atoms with Gasteiger partial charge in [-0.1, -0.05) is 12.1 Å². The van der Waals surface area contributed by atoms with Gasteiger partial charge in [-0.2, -0.15) is 0 Å². The van der Waals surface area contributed by atoms with E-state index in [2.05, 4.69) is 0 Å². The predicted octanol–water partition coefficient (Wildman–Crippen LogP) is 3.31. The zero-order valence-electron chi connectivity index (χ0n) is 9.32. The Bertz CT molecular complexity index is 541. The second kappa shape index (κ2) is 4.41. The summed E-state index contributed by atoms with van der Waals surface area (Å²) in [6.45, 7) is 0. The molecule has 2 rings (SSSR count). The molecule has 2 aromatic rings. The van der Waals surface area contributed by atoms with E-state index in [0.717, 1.165) is 0 Å². The van der Waals surface area contributed by atoms with Crippen molar-refractivity contribution < 1.29 is 8.78 Å². The van der Waals surface area contributed by atoms with E-state index in [1.165, 1.54) is 29.2 Å². The van der Waals surface area contributed by atoms with Gasteiger partial charge in [0.05, 0.1) is 17.1 Å². The second-order valence-corrected chi connectivity index (χ2v) is 3.71. The molecular weight excluding hydrogens is 222 g/mol. The Balaban J connectivity index is 2.47. The molecule has 0 unspecified atom stereocenters. The van der Waals surface area contributed by atoms with Crippen LogP contribution in [0.25, 0.3) is 0 Å². The van der Waals surface area contributed by atoms with Gasteiger partial charge in [0, 0.05) is 7.05 Å². The van der Waals surface area contributed by atoms with Crippen LogP contribution in [0.2, 0.25) is 0 Å². The summed E-state index contributed by atoms with van der Waals surface area (Å²) < 4.78 is 26.7. The Morgan fingerprint density at radius 1 is 1.00 bits per heavy atom. The molecule has 0 aromatic heterocycles. The van der Waals surface area contributed by atoms with Crippen molar-refractivity contribution in [1.82, 2.24) is 0 Å². The molecule has 0 aliphatic rings. The minimum Gasteiger partial charge on any atom is -0.397 e. The summed E-state index contributed by atoms with van der Waals surface area (Å²) in [4.78, 5) is 1.52. The van der Waals surface area contributed by atoms with Crippen LogP contribution in [0.1, 0.15) is 0 Å². The van der Waals surface area contributed by atoms with Crippen molar-refractivity contribution in [2.45, 2.75) is 0 Å². The molecule has 0 aliphatic heterocycles. The van der Waals surface area contributed by atoms with Crippen molar-refractivity contribution >= 4 is 17.1 Å². The van der Waals surface area contributed by atoms with E-state index in [4.69, 9.17) is 5.73 Å². The van der Waals surface area contributed by atoms with Crippen molar-refractivity contribution in [2.24, 2.45) is 0 Å². The highest BCUT2D eigenvalue weighted by atomic mass is 19.1. The lowest BCUT2D eigenvalue weighted by molar-refractivity contribution is 0.623. The van der Waals surface area contributed by atoms with Crippen molar-refractivity contribution in [3.05, 3.63) is 54.1 Å². The summed E-state index contributed by atoms with van der Waals surface area (Å²) in [5.74, 6) is -0.781. The van der Waals surface area contributed by atoms with Crippen LogP contribution in [-0.2, 0) is 0 Å². The van der Waals surface area contributed by atoms with Crippen LogP contribution in [0.4, 0.5) is 25.8 Å². The molecule has 2 nitrogen and oxygen atoms in total. The van der Waals surface area contributed by atoms with Crippen LogP contribution >= 0.6 is 0 Å². The van der Waals surface area contributed by atoms with Gasteiger partial charge in [0.15, 0.2) is 0 Å². The number of hydrogen-bond acceptors (Lipinski definition) is 2. The fourth-order valence-electron chi connectivity index (χ4n) is 1.66. The number of hydrogen-bond donors (Lipinski definition) is 1. The van der Waals surface area contributed by atoms with E-state index in [-0.39, 0.29) is 5.82 Å². The van der Waals surface area contributed by atoms with Gasteiger partial charge in [-0.05, 0) is 30.3 Å². The molecule has 0 amide bonds. The number of nitrogens with two attached hydrogens (primary N) is 1. The summed E-state index contributed by atoms with van der Waals surface area (Å²) in [5.41, 5.74) is 6.94. The molecule has 0 radical (unpaired) electrons. The molecule has 0 atom stereocenters. The van der Waals surface area contributed by atoms with Gasteiger partial charge in [0.25, 0.3) is 0 Å². The largest absolute Gasteiger partial charge is 0.397 e. The minimum atomic E-state index is -0.405. The lowest BCUT2D eigenvalue weighted by Gasteiger charge is -2.21. The fourth-order valence-corrected chi connectivity index (χ4v) is 1.66. The molecule has 0 heterocycles. The van der Waals surface area contributed by atoms with Gasteiger partial charge >= 0.3 is 0 Å². The molecule has 0 saturated heterocycles. The van der Waals surface area contributed by atoms with E-state index < -0.39 is 5.82 Å². The number of halogens is 2. The van der Waals surface area contributed by atoms with Crippen LogP contribution in [-0.4, -0.2) is 7.05 Å². The Kier molecular flexibility index (Phi) is 2.95. The van der Waals surface area contributed by atoms with E-state index in [1.807, 2.05) is 0 Å². The third-order valence-corrected chi connectivity index (χ3v) is 2.57. The number of anilines is 3. The van der Waals surface area contributed by atoms with Gasteiger partial charge in [0.2, 0.25) is 0 Å². The minimum absolute atomic E-state index is 0.352. The van der Waals surface area contributed by atoms with Crippen molar-refractivity contribution in [3.8, 4) is 0 Å². The molecule has 0 saturated carbocycles. The monoisotopic (exact) mass is 234 g/mol. The van der Waals surface area contributed by atoms with E-state index in [1.54, 1.807) is 25.2 Å². The smallest absolute Gasteiger partial charge is 0.146 e. The number of rotatable bonds is 2. The van der Waals surface area contributed by atoms with Crippen LogP contribution in [0.5, 0.6) is 0 Å². The van der Waals surface area contributed by atoms with Crippen molar-refractivity contribution in [3.63, 3.8) is 0 Å². The van der Waals surface area contributed by atoms with Crippen molar-refractivity contribution in [2.75, 3.05) is 17.7 Å². The van der Waals surface area contributed by atoms with Gasteiger partial charge in [0.1, 0.15) is 11.6 Å². The SMILES string of the molecule is CN(c1cc(F)ccc1N)c1ccccc1F. The maximum absolute atomic E-state index is 13.6. The van der Waals surface area contributed by atoms with Gasteiger partial charge in [-0.3, -0.25) is 0 Å². The first-order chi connectivity index (χ1) is 8.09. The third kappa shape index (κ3) is 2.20. The molecule has 0 spiro atoms. The lowest BCUT2D eigenvalue weighted by atomic mass is 10.2. The third-order valence-electron chi connectivity index (χ3n) is 2.57. The molecule has 88 valence electrons. The first kappa shape index (κ1) is 11.4. The number of nitrogen functional groups attached to an aromatic ring is 1. The quantitative estimate of drug-likeness (QED) is 0.808. The standard InChI is InChI=1S/C13H12F2N2/c1-17(12-5-3-2-4-10(12)15)13-8-9(14)6-7-11(13)16/h2-8H,16H2,1H3. The normalized spacial score (nSPS) is 10.3. The number of benzene rings is 2. The maximum atomic E-state index is 13.6. The summed E-state index contributed by atoms with van der Waals surface area (Å²) >= 11 is 0. The Morgan fingerprint density at radius 3 is 2.41 bits per heavy atom. The zero-order valence-corrected chi connectivity index (χ0v) is 9.32.